The highest BCUT2D eigenvalue weighted by atomic mass is 79.9. The fourth-order valence-electron chi connectivity index (χ4n) is 1.69. The van der Waals surface area contributed by atoms with Crippen LogP contribution in [0.2, 0.25) is 0 Å². The van der Waals surface area contributed by atoms with Crippen molar-refractivity contribution < 1.29 is 4.92 Å². The molecule has 0 fully saturated rings. The molecule has 7 nitrogen and oxygen atoms in total. The molecule has 0 aliphatic heterocycles. The van der Waals surface area contributed by atoms with Gasteiger partial charge >= 0.3 is 0 Å². The van der Waals surface area contributed by atoms with Crippen LogP contribution in [-0.4, -0.2) is 19.9 Å². The van der Waals surface area contributed by atoms with Crippen LogP contribution in [0.1, 0.15) is 25.1 Å². The van der Waals surface area contributed by atoms with Crippen LogP contribution in [0.25, 0.3) is 0 Å². The number of nitro groups is 1. The minimum absolute atomic E-state index is 0.0448. The molecule has 1 heterocycles. The van der Waals surface area contributed by atoms with E-state index in [-0.39, 0.29) is 12.2 Å². The highest BCUT2D eigenvalue weighted by molar-refractivity contribution is 9.10. The number of nitrogens with two attached hydrogens (primary N) is 1. The van der Waals surface area contributed by atoms with Crippen LogP contribution in [0, 0.1) is 10.1 Å². The van der Waals surface area contributed by atoms with Crippen molar-refractivity contribution in [3.8, 4) is 0 Å². The summed E-state index contributed by atoms with van der Waals surface area (Å²) >= 11 is 3.22. The molecule has 0 unspecified atom stereocenters. The van der Waals surface area contributed by atoms with Crippen molar-refractivity contribution in [2.24, 2.45) is 5.73 Å². The lowest BCUT2D eigenvalue weighted by Gasteiger charge is -2.13. The lowest BCUT2D eigenvalue weighted by molar-refractivity contribution is -0.385. The van der Waals surface area contributed by atoms with Gasteiger partial charge in [0.05, 0.1) is 28.8 Å². The molecule has 0 bridgehead atoms. The second-order valence-electron chi connectivity index (χ2n) is 5.05. The molecule has 0 atom stereocenters. The van der Waals surface area contributed by atoms with E-state index in [0.29, 0.717) is 15.7 Å². The second-order valence-corrected chi connectivity index (χ2v) is 5.97. The molecule has 8 heteroatoms. The predicted molar refractivity (Wildman–Crippen MR) is 77.1 cm³/mol. The van der Waals surface area contributed by atoms with Gasteiger partial charge in [-0.25, -0.2) is 4.68 Å². The van der Waals surface area contributed by atoms with Crippen molar-refractivity contribution in [2.75, 3.05) is 0 Å². The maximum atomic E-state index is 11.0. The second kappa shape index (κ2) is 5.29. The van der Waals surface area contributed by atoms with Crippen molar-refractivity contribution in [1.82, 2.24) is 15.0 Å². The van der Waals surface area contributed by atoms with Crippen molar-refractivity contribution >= 4 is 21.6 Å². The Morgan fingerprint density at radius 1 is 1.50 bits per heavy atom. The number of rotatable bonds is 4. The molecule has 20 heavy (non-hydrogen) atoms. The molecule has 2 N–H and O–H groups in total. The summed E-state index contributed by atoms with van der Waals surface area (Å²) in [6.45, 7) is 3.92. The number of benzene rings is 1. The van der Waals surface area contributed by atoms with E-state index in [9.17, 15) is 10.1 Å². The summed E-state index contributed by atoms with van der Waals surface area (Å²) in [6.07, 6.45) is 1.70. The number of hydrogen-bond donors (Lipinski definition) is 1. The molecule has 106 valence electrons. The topological polar surface area (TPSA) is 99.9 Å². The molecular weight excluding hydrogens is 326 g/mol. The van der Waals surface area contributed by atoms with E-state index in [1.165, 1.54) is 6.07 Å². The first-order valence-corrected chi connectivity index (χ1v) is 6.69. The molecule has 0 aliphatic carbocycles. The monoisotopic (exact) mass is 339 g/mol. The molecule has 0 radical (unpaired) electrons. The largest absolute Gasteiger partial charge is 0.320 e. The number of hydrogen-bond acceptors (Lipinski definition) is 5. The third kappa shape index (κ3) is 3.20. The van der Waals surface area contributed by atoms with E-state index < -0.39 is 10.5 Å². The van der Waals surface area contributed by atoms with Gasteiger partial charge in [-0.05, 0) is 26.0 Å². The van der Waals surface area contributed by atoms with Gasteiger partial charge in [-0.15, -0.1) is 5.10 Å². The highest BCUT2D eigenvalue weighted by Crippen LogP contribution is 2.24. The zero-order valence-electron chi connectivity index (χ0n) is 11.1. The maximum Gasteiger partial charge on any atom is 0.275 e. The fourth-order valence-corrected chi connectivity index (χ4v) is 2.04. The van der Waals surface area contributed by atoms with Crippen LogP contribution in [0.4, 0.5) is 5.69 Å². The van der Waals surface area contributed by atoms with Gasteiger partial charge in [0.2, 0.25) is 0 Å². The first kappa shape index (κ1) is 14.6. The Kier molecular flexibility index (Phi) is 3.87. The molecular formula is C12H14BrN5O2. The highest BCUT2D eigenvalue weighted by Gasteiger charge is 2.20. The molecule has 2 aromatic rings. The summed E-state index contributed by atoms with van der Waals surface area (Å²) in [5.41, 5.74) is 6.58. The first-order chi connectivity index (χ1) is 9.27. The van der Waals surface area contributed by atoms with E-state index >= 15 is 0 Å². The summed E-state index contributed by atoms with van der Waals surface area (Å²) in [7, 11) is 0. The summed E-state index contributed by atoms with van der Waals surface area (Å²) in [6, 6.07) is 4.92. The van der Waals surface area contributed by atoms with Gasteiger partial charge in [0, 0.05) is 10.5 Å². The smallest absolute Gasteiger partial charge is 0.275 e. The summed E-state index contributed by atoms with van der Waals surface area (Å²) in [4.78, 5) is 10.6. The number of nitro benzene ring substituents is 1. The number of nitrogens with zero attached hydrogens (tertiary/aromatic N) is 4. The predicted octanol–water partition coefficient (Wildman–Crippen LogP) is 2.19. The molecule has 0 aliphatic rings. The van der Waals surface area contributed by atoms with Crippen molar-refractivity contribution in [2.45, 2.75) is 25.9 Å². The Morgan fingerprint density at radius 2 is 2.20 bits per heavy atom. The van der Waals surface area contributed by atoms with Crippen molar-refractivity contribution in [1.29, 1.82) is 0 Å². The average Bonchev–Trinajstić information content (AvgIpc) is 2.79. The molecule has 1 aromatic carbocycles. The average molecular weight is 340 g/mol. The molecule has 0 spiro atoms. The standard InChI is InChI=1S/C12H14BrN5O2/c1-12(2,14)11-7-17(16-15-11)6-8-3-4-9(13)5-10(8)18(19)20/h3-5,7H,6,14H2,1-2H3. The van der Waals surface area contributed by atoms with Gasteiger partial charge in [0.1, 0.15) is 5.69 Å². The van der Waals surface area contributed by atoms with Crippen LogP contribution in [0.3, 0.4) is 0 Å². The maximum absolute atomic E-state index is 11.0. The Balaban J connectivity index is 2.31. The quantitative estimate of drug-likeness (QED) is 0.679. The lowest BCUT2D eigenvalue weighted by Crippen LogP contribution is -2.29. The third-order valence-electron chi connectivity index (χ3n) is 2.78. The third-order valence-corrected chi connectivity index (χ3v) is 3.27. The van der Waals surface area contributed by atoms with Gasteiger partial charge in [-0.1, -0.05) is 21.1 Å². The summed E-state index contributed by atoms with van der Waals surface area (Å²) in [5, 5.41) is 19.0. The Bertz CT molecular complexity index is 648. The molecule has 0 amide bonds. The first-order valence-electron chi connectivity index (χ1n) is 5.89. The van der Waals surface area contributed by atoms with Gasteiger partial charge < -0.3 is 5.73 Å². The van der Waals surface area contributed by atoms with E-state index in [0.717, 1.165) is 0 Å². The minimum Gasteiger partial charge on any atom is -0.320 e. The number of aromatic nitrogens is 3. The van der Waals surface area contributed by atoms with E-state index in [1.807, 2.05) is 13.8 Å². The van der Waals surface area contributed by atoms with Gasteiger partial charge in [-0.3, -0.25) is 10.1 Å². The van der Waals surface area contributed by atoms with Gasteiger partial charge in [0.15, 0.2) is 0 Å². The van der Waals surface area contributed by atoms with Crippen LogP contribution < -0.4 is 5.73 Å². The van der Waals surface area contributed by atoms with Crippen molar-refractivity contribution in [3.05, 3.63) is 50.2 Å². The van der Waals surface area contributed by atoms with E-state index in [1.54, 1.807) is 23.0 Å². The van der Waals surface area contributed by atoms with Crippen LogP contribution >= 0.6 is 15.9 Å². The summed E-state index contributed by atoms with van der Waals surface area (Å²) < 4.78 is 2.20. The molecule has 0 saturated heterocycles. The fraction of sp³-hybridized carbons (Fsp3) is 0.333. The van der Waals surface area contributed by atoms with Crippen LogP contribution in [0.5, 0.6) is 0 Å². The van der Waals surface area contributed by atoms with Crippen LogP contribution in [-0.2, 0) is 12.1 Å². The molecule has 2 rings (SSSR count). The Morgan fingerprint density at radius 3 is 2.75 bits per heavy atom. The lowest BCUT2D eigenvalue weighted by atomic mass is 10.0. The zero-order valence-corrected chi connectivity index (χ0v) is 12.7. The normalized spacial score (nSPS) is 11.6. The van der Waals surface area contributed by atoms with Gasteiger partial charge in [-0.2, -0.15) is 0 Å². The zero-order chi connectivity index (χ0) is 14.9. The summed E-state index contributed by atoms with van der Waals surface area (Å²) in [5.74, 6) is 0. The molecule has 1 aromatic heterocycles. The van der Waals surface area contributed by atoms with Crippen molar-refractivity contribution in [3.63, 3.8) is 0 Å². The molecule has 0 saturated carbocycles. The SMILES string of the molecule is CC(C)(N)c1cn(Cc2ccc(Br)cc2[N+](=O)[O-])nn1. The van der Waals surface area contributed by atoms with Gasteiger partial charge in [0.25, 0.3) is 5.69 Å². The number of halogens is 1. The van der Waals surface area contributed by atoms with E-state index in [2.05, 4.69) is 26.2 Å². The Labute approximate surface area is 124 Å². The van der Waals surface area contributed by atoms with Crippen LogP contribution in [0.15, 0.2) is 28.9 Å². The van der Waals surface area contributed by atoms with E-state index in [4.69, 9.17) is 5.73 Å². The minimum atomic E-state index is -0.593. The Hall–Kier alpha value is -1.80.